The highest BCUT2D eigenvalue weighted by Crippen LogP contribution is 2.18. The third kappa shape index (κ3) is 4.23. The molecule has 1 rings (SSSR count). The van der Waals surface area contributed by atoms with Gasteiger partial charge in [0.25, 0.3) is 0 Å². The third-order valence-electron chi connectivity index (χ3n) is 1.71. The minimum Gasteiger partial charge on any atom is -0.591 e. The largest absolute Gasteiger partial charge is 0.591 e. The molecule has 0 saturated heterocycles. The van der Waals surface area contributed by atoms with Crippen LogP contribution in [0.15, 0.2) is 27.1 Å². The Morgan fingerprint density at radius 2 is 2.00 bits per heavy atom. The molecule has 0 heterocycles. The molecule has 0 aliphatic rings. The van der Waals surface area contributed by atoms with Crippen molar-refractivity contribution in [1.29, 1.82) is 0 Å². The quantitative estimate of drug-likeness (QED) is 0.608. The van der Waals surface area contributed by atoms with Gasteiger partial charge in [0.05, 0.1) is 6.21 Å². The highest BCUT2D eigenvalue weighted by atomic mass is 79.9. The summed E-state index contributed by atoms with van der Waals surface area (Å²) in [4.78, 5) is 0. The lowest BCUT2D eigenvalue weighted by atomic mass is 10.2. The summed E-state index contributed by atoms with van der Waals surface area (Å²) in [5, 5.41) is 0. The van der Waals surface area contributed by atoms with Crippen molar-refractivity contribution >= 4 is 33.5 Å². The second-order valence-electron chi connectivity index (χ2n) is 4.30. The molecule has 0 fully saturated rings. The fourth-order valence-electron chi connectivity index (χ4n) is 0.917. The van der Waals surface area contributed by atoms with Gasteiger partial charge in [-0.3, -0.25) is 0 Å². The Morgan fingerprint density at radius 3 is 2.50 bits per heavy atom. The minimum absolute atomic E-state index is 0.350. The number of halogens is 2. The van der Waals surface area contributed by atoms with Crippen LogP contribution in [0.1, 0.15) is 26.3 Å². The number of rotatable bonds is 2. The first-order valence-corrected chi connectivity index (χ1v) is 6.61. The van der Waals surface area contributed by atoms with Crippen LogP contribution in [0.5, 0.6) is 0 Å². The summed E-state index contributed by atoms with van der Waals surface area (Å²) in [5.74, 6) is -0.350. The molecule has 2 nitrogen and oxygen atoms in total. The Morgan fingerprint density at radius 1 is 1.38 bits per heavy atom. The highest BCUT2D eigenvalue weighted by Gasteiger charge is 2.25. The summed E-state index contributed by atoms with van der Waals surface area (Å²) < 4.78 is 28.8. The third-order valence-corrected chi connectivity index (χ3v) is 3.51. The molecule has 1 aromatic rings. The van der Waals surface area contributed by atoms with Gasteiger partial charge in [0, 0.05) is 10.0 Å². The van der Waals surface area contributed by atoms with Crippen LogP contribution in [-0.4, -0.2) is 15.5 Å². The molecule has 0 bridgehead atoms. The van der Waals surface area contributed by atoms with Crippen molar-refractivity contribution in [2.24, 2.45) is 4.40 Å². The van der Waals surface area contributed by atoms with Gasteiger partial charge in [-0.25, -0.2) is 4.39 Å². The molecular weight excluding hydrogens is 293 g/mol. The van der Waals surface area contributed by atoms with Gasteiger partial charge in [-0.05, 0) is 39.0 Å². The summed E-state index contributed by atoms with van der Waals surface area (Å²) >= 11 is 1.86. The molecule has 0 aliphatic heterocycles. The lowest BCUT2D eigenvalue weighted by Crippen LogP contribution is -2.25. The molecule has 0 aliphatic carbocycles. The molecule has 0 spiro atoms. The summed E-state index contributed by atoms with van der Waals surface area (Å²) in [7, 11) is 0. The van der Waals surface area contributed by atoms with Crippen LogP contribution >= 0.6 is 15.9 Å². The van der Waals surface area contributed by atoms with E-state index in [1.54, 1.807) is 6.07 Å². The molecule has 0 amide bonds. The van der Waals surface area contributed by atoms with Crippen molar-refractivity contribution in [3.8, 4) is 0 Å². The van der Waals surface area contributed by atoms with Crippen molar-refractivity contribution in [3.05, 3.63) is 34.1 Å². The molecule has 0 aromatic heterocycles. The van der Waals surface area contributed by atoms with E-state index in [1.165, 1.54) is 18.3 Å². The summed E-state index contributed by atoms with van der Waals surface area (Å²) in [6.45, 7) is 5.51. The lowest BCUT2D eigenvalue weighted by molar-refractivity contribution is 0.562. The van der Waals surface area contributed by atoms with Crippen LogP contribution < -0.4 is 0 Å². The molecule has 0 radical (unpaired) electrons. The van der Waals surface area contributed by atoms with Crippen LogP contribution in [0, 0.1) is 5.82 Å². The SMILES string of the molecule is CC(C)(C)[S@+]([O-])/N=C/c1cc(F)cc(Br)c1. The van der Waals surface area contributed by atoms with E-state index >= 15 is 0 Å². The standard InChI is InChI=1S/C11H13BrFNOS/c1-11(2,3)16(15)14-7-8-4-9(12)6-10(13)5-8/h4-7H,1-3H3/b14-7+/t16-/m0/s1. The van der Waals surface area contributed by atoms with E-state index in [0.717, 1.165) is 0 Å². The van der Waals surface area contributed by atoms with Crippen molar-refractivity contribution in [2.45, 2.75) is 25.5 Å². The summed E-state index contributed by atoms with van der Waals surface area (Å²) in [6.07, 6.45) is 1.43. The smallest absolute Gasteiger partial charge is 0.144 e. The lowest BCUT2D eigenvalue weighted by Gasteiger charge is -2.17. The Hall–Kier alpha value is -0.390. The fraction of sp³-hybridized carbons (Fsp3) is 0.364. The molecule has 0 N–H and O–H groups in total. The second kappa shape index (κ2) is 5.29. The van der Waals surface area contributed by atoms with E-state index in [-0.39, 0.29) is 5.82 Å². The molecule has 1 aromatic carbocycles. The molecule has 0 unspecified atom stereocenters. The van der Waals surface area contributed by atoms with Gasteiger partial charge in [0.2, 0.25) is 0 Å². The topological polar surface area (TPSA) is 35.4 Å². The zero-order valence-corrected chi connectivity index (χ0v) is 11.7. The summed E-state index contributed by atoms with van der Waals surface area (Å²) in [6, 6.07) is 4.42. The van der Waals surface area contributed by atoms with Crippen LogP contribution in [-0.2, 0) is 11.4 Å². The minimum atomic E-state index is -1.32. The number of hydrogen-bond acceptors (Lipinski definition) is 2. The molecule has 88 valence electrons. The van der Waals surface area contributed by atoms with Gasteiger partial charge in [0.1, 0.15) is 21.9 Å². The first-order valence-electron chi connectivity index (χ1n) is 4.71. The highest BCUT2D eigenvalue weighted by molar-refractivity contribution is 9.10. The van der Waals surface area contributed by atoms with Crippen molar-refractivity contribution in [3.63, 3.8) is 0 Å². The first-order chi connectivity index (χ1) is 7.29. The van der Waals surface area contributed by atoms with Crippen molar-refractivity contribution in [2.75, 3.05) is 0 Å². The van der Waals surface area contributed by atoms with Gasteiger partial charge >= 0.3 is 0 Å². The maximum absolute atomic E-state index is 13.0. The van der Waals surface area contributed by atoms with E-state index in [1.807, 2.05) is 20.8 Å². The van der Waals surface area contributed by atoms with Crippen molar-refractivity contribution in [1.82, 2.24) is 0 Å². The first kappa shape index (κ1) is 13.7. The number of nitrogens with zero attached hydrogens (tertiary/aromatic N) is 1. The summed E-state index contributed by atoms with van der Waals surface area (Å²) in [5.41, 5.74) is 0.587. The molecule has 0 saturated carbocycles. The molecule has 1 atom stereocenters. The van der Waals surface area contributed by atoms with Gasteiger partial charge in [0.15, 0.2) is 0 Å². The predicted octanol–water partition coefficient (Wildman–Crippen LogP) is 3.47. The van der Waals surface area contributed by atoms with Crippen LogP contribution in [0.25, 0.3) is 0 Å². The zero-order chi connectivity index (χ0) is 12.3. The van der Waals surface area contributed by atoms with Crippen LogP contribution in [0.2, 0.25) is 0 Å². The van der Waals surface area contributed by atoms with E-state index in [0.29, 0.717) is 10.0 Å². The van der Waals surface area contributed by atoms with E-state index in [9.17, 15) is 8.94 Å². The van der Waals surface area contributed by atoms with Gasteiger partial charge in [-0.1, -0.05) is 20.3 Å². The molecular formula is C11H13BrFNOS. The Balaban J connectivity index is 2.84. The Bertz CT molecular complexity index is 383. The zero-order valence-electron chi connectivity index (χ0n) is 9.33. The van der Waals surface area contributed by atoms with Crippen molar-refractivity contribution < 1.29 is 8.94 Å². The number of hydrogen-bond donors (Lipinski definition) is 0. The van der Waals surface area contributed by atoms with Gasteiger partial charge < -0.3 is 4.55 Å². The maximum Gasteiger partial charge on any atom is 0.144 e. The van der Waals surface area contributed by atoms with Gasteiger partial charge in [-0.15, -0.1) is 0 Å². The molecule has 5 heteroatoms. The van der Waals surface area contributed by atoms with E-state index in [2.05, 4.69) is 20.3 Å². The fourth-order valence-corrected chi connectivity index (χ4v) is 1.93. The second-order valence-corrected chi connectivity index (χ2v) is 7.15. The van der Waals surface area contributed by atoms with E-state index < -0.39 is 16.1 Å². The maximum atomic E-state index is 13.0. The number of benzene rings is 1. The molecule has 16 heavy (non-hydrogen) atoms. The Kier molecular flexibility index (Phi) is 4.52. The van der Waals surface area contributed by atoms with Crippen LogP contribution in [0.3, 0.4) is 0 Å². The monoisotopic (exact) mass is 305 g/mol. The average Bonchev–Trinajstić information content (AvgIpc) is 2.11. The average molecular weight is 306 g/mol. The van der Waals surface area contributed by atoms with Crippen LogP contribution in [0.4, 0.5) is 4.39 Å². The normalized spacial score (nSPS) is 14.4. The Labute approximate surface area is 106 Å². The predicted molar refractivity (Wildman–Crippen MR) is 69.6 cm³/mol. The van der Waals surface area contributed by atoms with Gasteiger partial charge in [-0.2, -0.15) is 0 Å². The van der Waals surface area contributed by atoms with E-state index in [4.69, 9.17) is 0 Å².